The minimum atomic E-state index is -5.45. The molecule has 39 heavy (non-hydrogen) atoms. The summed E-state index contributed by atoms with van der Waals surface area (Å²) in [5.41, 5.74) is -2.94. The SMILES string of the molecule is O=C(OCCOC(=O)c1c(C(=O)OC(CS(=O)(=O)O)C(F)(F)F)cccc1[N+](=O)[O-])c1cc(I)cc(I)c1I. The molecule has 212 valence electrons. The first kappa shape index (κ1) is 33.3. The second-order valence-corrected chi connectivity index (χ2v) is 12.1. The molecule has 0 saturated heterocycles. The molecule has 1 atom stereocenters. The van der Waals surface area contributed by atoms with Crippen LogP contribution in [0.25, 0.3) is 0 Å². The Morgan fingerprint density at radius 3 is 2.13 bits per heavy atom. The third-order valence-corrected chi connectivity index (χ3v) is 8.79. The number of carbonyl (C=O) groups is 3. The number of nitro groups is 1. The van der Waals surface area contributed by atoms with Crippen molar-refractivity contribution in [3.63, 3.8) is 0 Å². The standard InChI is InChI=1S/C20H13F3I3NO11S/c21-20(22,23)14(8-39(33,34)35)38-18(29)10-2-1-3-13(27(31)32)15(10)19(30)37-5-4-36-17(28)11-6-9(24)7-12(25)16(11)26/h1-3,6-7,14H,4-5,8H2,(H,33,34,35). The van der Waals surface area contributed by atoms with Crippen LogP contribution >= 0.6 is 67.8 Å². The highest BCUT2D eigenvalue weighted by Crippen LogP contribution is 2.29. The summed E-state index contributed by atoms with van der Waals surface area (Å²) in [6.45, 7) is -1.18. The lowest BCUT2D eigenvalue weighted by Crippen LogP contribution is -2.39. The van der Waals surface area contributed by atoms with Crippen LogP contribution in [0.5, 0.6) is 0 Å². The molecular formula is C20H13F3I3NO11S. The minimum absolute atomic E-state index is 0.228. The molecule has 0 spiro atoms. The van der Waals surface area contributed by atoms with Crippen LogP contribution in [0.15, 0.2) is 30.3 Å². The predicted octanol–water partition coefficient (Wildman–Crippen LogP) is 4.40. The number of nitro benzene ring substituents is 1. The second kappa shape index (κ2) is 13.7. The summed E-state index contributed by atoms with van der Waals surface area (Å²) in [7, 11) is -5.27. The molecule has 0 aromatic heterocycles. The van der Waals surface area contributed by atoms with Gasteiger partial charge >= 0.3 is 24.1 Å². The monoisotopic (exact) mass is 913 g/mol. The lowest BCUT2D eigenvalue weighted by atomic mass is 10.1. The van der Waals surface area contributed by atoms with Crippen molar-refractivity contribution in [1.82, 2.24) is 0 Å². The molecule has 0 saturated carbocycles. The quantitative estimate of drug-likeness (QED) is 0.0523. The van der Waals surface area contributed by atoms with Crippen molar-refractivity contribution in [2.75, 3.05) is 19.0 Å². The van der Waals surface area contributed by atoms with Gasteiger partial charge in [-0.1, -0.05) is 6.07 Å². The van der Waals surface area contributed by atoms with Gasteiger partial charge < -0.3 is 14.2 Å². The molecule has 2 aromatic carbocycles. The van der Waals surface area contributed by atoms with Gasteiger partial charge in [-0.15, -0.1) is 0 Å². The molecular weight excluding hydrogens is 900 g/mol. The lowest BCUT2D eigenvalue weighted by Gasteiger charge is -2.20. The molecule has 0 radical (unpaired) electrons. The van der Waals surface area contributed by atoms with Crippen LogP contribution in [0.1, 0.15) is 31.1 Å². The summed E-state index contributed by atoms with van der Waals surface area (Å²) in [6.07, 6.45) is -8.81. The average Bonchev–Trinajstić information content (AvgIpc) is 2.81. The van der Waals surface area contributed by atoms with Gasteiger partial charge in [0.2, 0.25) is 6.10 Å². The molecule has 2 aromatic rings. The van der Waals surface area contributed by atoms with Crippen LogP contribution in [-0.4, -0.2) is 67.0 Å². The summed E-state index contributed by atoms with van der Waals surface area (Å²) in [5, 5.41) is 11.4. The summed E-state index contributed by atoms with van der Waals surface area (Å²) in [5.74, 6) is -6.31. The second-order valence-electron chi connectivity index (χ2n) is 7.16. The number of hydrogen-bond acceptors (Lipinski definition) is 10. The highest BCUT2D eigenvalue weighted by Gasteiger charge is 2.46. The Labute approximate surface area is 258 Å². The summed E-state index contributed by atoms with van der Waals surface area (Å²) in [4.78, 5) is 47.8. The Morgan fingerprint density at radius 2 is 1.59 bits per heavy atom. The van der Waals surface area contributed by atoms with Crippen molar-refractivity contribution >= 4 is 101 Å². The van der Waals surface area contributed by atoms with Crippen LogP contribution in [0.3, 0.4) is 0 Å². The molecule has 0 bridgehead atoms. The molecule has 0 aliphatic heterocycles. The first-order valence-electron chi connectivity index (χ1n) is 9.91. The van der Waals surface area contributed by atoms with Crippen LogP contribution in [0, 0.1) is 20.8 Å². The van der Waals surface area contributed by atoms with Crippen molar-refractivity contribution in [3.8, 4) is 0 Å². The van der Waals surface area contributed by atoms with E-state index in [9.17, 15) is 46.1 Å². The minimum Gasteiger partial charge on any atom is -0.458 e. The van der Waals surface area contributed by atoms with Crippen LogP contribution in [-0.2, 0) is 24.3 Å². The molecule has 0 fully saturated rings. The lowest BCUT2D eigenvalue weighted by molar-refractivity contribution is -0.385. The smallest absolute Gasteiger partial charge is 0.426 e. The third kappa shape index (κ3) is 9.63. The van der Waals surface area contributed by atoms with E-state index < -0.39 is 81.0 Å². The maximum atomic E-state index is 13.2. The Hall–Kier alpha value is -1.86. The van der Waals surface area contributed by atoms with Crippen molar-refractivity contribution in [2.45, 2.75) is 12.3 Å². The van der Waals surface area contributed by atoms with E-state index in [-0.39, 0.29) is 5.56 Å². The number of benzene rings is 2. The zero-order valence-corrected chi connectivity index (χ0v) is 26.0. The Kier molecular flexibility index (Phi) is 11.7. The maximum Gasteiger partial charge on any atom is 0.426 e. The van der Waals surface area contributed by atoms with E-state index >= 15 is 0 Å². The van der Waals surface area contributed by atoms with Gasteiger partial charge in [0.25, 0.3) is 15.8 Å². The van der Waals surface area contributed by atoms with Crippen molar-refractivity contribution in [2.24, 2.45) is 0 Å². The molecule has 2 rings (SSSR count). The van der Waals surface area contributed by atoms with Crippen LogP contribution in [0.2, 0.25) is 0 Å². The van der Waals surface area contributed by atoms with Gasteiger partial charge in [-0.3, -0.25) is 14.7 Å². The molecule has 0 aliphatic carbocycles. The average molecular weight is 913 g/mol. The number of halogens is 6. The third-order valence-electron chi connectivity index (χ3n) is 4.40. The highest BCUT2D eigenvalue weighted by molar-refractivity contribution is 14.1. The largest absolute Gasteiger partial charge is 0.458 e. The number of nitrogens with zero attached hydrogens (tertiary/aromatic N) is 1. The molecule has 12 nitrogen and oxygen atoms in total. The first-order chi connectivity index (χ1) is 17.9. The van der Waals surface area contributed by atoms with Crippen molar-refractivity contribution in [3.05, 3.63) is 67.8 Å². The highest BCUT2D eigenvalue weighted by atomic mass is 127. The number of carbonyl (C=O) groups excluding carboxylic acids is 3. The molecule has 1 N–H and O–H groups in total. The van der Waals surface area contributed by atoms with Crippen molar-refractivity contribution in [1.29, 1.82) is 0 Å². The van der Waals surface area contributed by atoms with E-state index in [1.165, 1.54) is 0 Å². The fourth-order valence-electron chi connectivity index (χ4n) is 2.78. The van der Waals surface area contributed by atoms with Crippen LogP contribution < -0.4 is 0 Å². The van der Waals surface area contributed by atoms with Gasteiger partial charge in [0.15, 0.2) is 5.56 Å². The topological polar surface area (TPSA) is 176 Å². The van der Waals surface area contributed by atoms with E-state index in [0.29, 0.717) is 9.64 Å². The molecule has 1 unspecified atom stereocenters. The fourth-order valence-corrected chi connectivity index (χ4v) is 5.80. The Balaban J connectivity index is 2.23. The maximum absolute atomic E-state index is 13.2. The summed E-state index contributed by atoms with van der Waals surface area (Å²) in [6, 6.07) is 5.71. The van der Waals surface area contributed by atoms with Gasteiger partial charge in [0, 0.05) is 16.8 Å². The summed E-state index contributed by atoms with van der Waals surface area (Å²) < 4.78 is 86.2. The Morgan fingerprint density at radius 1 is 1.00 bits per heavy atom. The number of ether oxygens (including phenoxy) is 3. The first-order valence-corrected chi connectivity index (χ1v) is 14.8. The van der Waals surface area contributed by atoms with E-state index in [2.05, 4.69) is 4.74 Å². The number of esters is 3. The van der Waals surface area contributed by atoms with E-state index in [0.717, 1.165) is 19.3 Å². The van der Waals surface area contributed by atoms with Gasteiger partial charge in [-0.05, 0) is 86.0 Å². The zero-order valence-electron chi connectivity index (χ0n) is 18.7. The molecule has 0 heterocycles. The van der Waals surface area contributed by atoms with Crippen LogP contribution in [0.4, 0.5) is 18.9 Å². The van der Waals surface area contributed by atoms with E-state index in [1.54, 1.807) is 6.07 Å². The summed E-state index contributed by atoms with van der Waals surface area (Å²) >= 11 is 5.94. The normalized spacial score (nSPS) is 12.4. The molecule has 19 heteroatoms. The molecule has 0 aliphatic rings. The van der Waals surface area contributed by atoms with E-state index in [4.69, 9.17) is 14.0 Å². The van der Waals surface area contributed by atoms with Crippen molar-refractivity contribution < 1.29 is 59.7 Å². The number of rotatable bonds is 10. The number of hydrogen-bond donors (Lipinski definition) is 1. The Bertz CT molecular complexity index is 1420. The van der Waals surface area contributed by atoms with Gasteiger partial charge in [0.1, 0.15) is 19.0 Å². The van der Waals surface area contributed by atoms with Gasteiger partial charge in [-0.25, -0.2) is 14.4 Å². The van der Waals surface area contributed by atoms with Gasteiger partial charge in [-0.2, -0.15) is 21.6 Å². The fraction of sp³-hybridized carbons (Fsp3) is 0.250. The van der Waals surface area contributed by atoms with Gasteiger partial charge in [0.05, 0.1) is 16.1 Å². The molecule has 0 amide bonds. The van der Waals surface area contributed by atoms with E-state index in [1.807, 2.05) is 73.8 Å². The number of alkyl halides is 3. The predicted molar refractivity (Wildman–Crippen MR) is 150 cm³/mol. The zero-order chi connectivity index (χ0) is 29.7.